The molecule has 1 aromatic rings. The van der Waals surface area contributed by atoms with Gasteiger partial charge in [-0.25, -0.2) is 0 Å². The highest BCUT2D eigenvalue weighted by atomic mass is 35.5. The van der Waals surface area contributed by atoms with Crippen molar-refractivity contribution < 1.29 is 14.9 Å². The molecule has 1 saturated heterocycles. The first-order chi connectivity index (χ1) is 11.0. The average molecular weight is 360 g/mol. The molecule has 3 rings (SSSR count). The lowest BCUT2D eigenvalue weighted by Crippen LogP contribution is -2.40. The van der Waals surface area contributed by atoms with Crippen molar-refractivity contribution in [2.75, 3.05) is 19.6 Å². The Kier molecular flexibility index (Phi) is 5.70. The first-order valence-corrected chi connectivity index (χ1v) is 8.97. The van der Waals surface area contributed by atoms with Gasteiger partial charge in [0.05, 0.1) is 22.3 Å². The monoisotopic (exact) mass is 359 g/mol. The number of rotatable bonds is 4. The summed E-state index contributed by atoms with van der Waals surface area (Å²) in [6, 6.07) is 5.37. The third-order valence-electron chi connectivity index (χ3n) is 4.84. The van der Waals surface area contributed by atoms with Gasteiger partial charge in [0.1, 0.15) is 11.9 Å². The number of nitrogens with zero attached hydrogens (tertiary/aromatic N) is 1. The zero-order valence-corrected chi connectivity index (χ0v) is 14.5. The van der Waals surface area contributed by atoms with Crippen molar-refractivity contribution in [1.29, 1.82) is 0 Å². The van der Waals surface area contributed by atoms with Gasteiger partial charge in [-0.05, 0) is 43.7 Å². The topological polar surface area (TPSA) is 52.9 Å². The molecule has 0 bridgehead atoms. The maximum atomic E-state index is 9.64. The molecule has 4 nitrogen and oxygen atoms in total. The molecule has 2 aliphatic rings. The quantitative estimate of drug-likeness (QED) is 0.867. The lowest BCUT2D eigenvalue weighted by molar-refractivity contribution is 0.0438. The second-order valence-electron chi connectivity index (χ2n) is 6.67. The van der Waals surface area contributed by atoms with Gasteiger partial charge in [0, 0.05) is 25.7 Å². The fourth-order valence-electron chi connectivity index (χ4n) is 3.56. The molecule has 1 heterocycles. The van der Waals surface area contributed by atoms with E-state index in [4.69, 9.17) is 27.9 Å². The van der Waals surface area contributed by atoms with E-state index in [0.717, 1.165) is 38.2 Å². The number of ether oxygens (including phenoxy) is 1. The first-order valence-electron chi connectivity index (χ1n) is 8.21. The molecule has 23 heavy (non-hydrogen) atoms. The van der Waals surface area contributed by atoms with Crippen molar-refractivity contribution in [3.63, 3.8) is 0 Å². The lowest BCUT2D eigenvalue weighted by Gasteiger charge is -2.33. The number of hydrogen-bond acceptors (Lipinski definition) is 4. The minimum absolute atomic E-state index is 0.197. The third kappa shape index (κ3) is 4.52. The van der Waals surface area contributed by atoms with Crippen molar-refractivity contribution in [3.8, 4) is 5.75 Å². The van der Waals surface area contributed by atoms with Crippen molar-refractivity contribution in [2.24, 2.45) is 5.92 Å². The highest BCUT2D eigenvalue weighted by Crippen LogP contribution is 2.30. The molecule has 1 aliphatic carbocycles. The molecule has 0 radical (unpaired) electrons. The number of benzene rings is 1. The van der Waals surface area contributed by atoms with Crippen LogP contribution in [0.15, 0.2) is 18.2 Å². The zero-order valence-electron chi connectivity index (χ0n) is 13.0. The second kappa shape index (κ2) is 7.58. The molecule has 128 valence electrons. The molecule has 2 unspecified atom stereocenters. The molecule has 2 fully saturated rings. The minimum atomic E-state index is -0.546. The Bertz CT molecular complexity index is 525. The average Bonchev–Trinajstić information content (AvgIpc) is 2.83. The van der Waals surface area contributed by atoms with Crippen LogP contribution < -0.4 is 4.74 Å². The summed E-state index contributed by atoms with van der Waals surface area (Å²) in [5.74, 6) is 1.16. The summed E-state index contributed by atoms with van der Waals surface area (Å²) < 4.78 is 5.99. The number of piperidine rings is 1. The van der Waals surface area contributed by atoms with Crippen LogP contribution in [0.1, 0.15) is 25.7 Å². The number of halogens is 2. The molecule has 1 aromatic carbocycles. The van der Waals surface area contributed by atoms with E-state index < -0.39 is 12.2 Å². The molecule has 0 aromatic heterocycles. The Labute approximate surface area is 147 Å². The molecule has 1 saturated carbocycles. The molecule has 1 aliphatic heterocycles. The Balaban J connectivity index is 1.44. The van der Waals surface area contributed by atoms with E-state index in [1.165, 1.54) is 0 Å². The fourth-order valence-corrected chi connectivity index (χ4v) is 3.85. The maximum Gasteiger partial charge on any atom is 0.121 e. The van der Waals surface area contributed by atoms with Gasteiger partial charge in [0.25, 0.3) is 0 Å². The SMILES string of the molecule is OC1CC(CN2CCC(Oc3ccc(Cl)c(Cl)c3)CC2)CC1O. The van der Waals surface area contributed by atoms with E-state index in [9.17, 15) is 10.2 Å². The highest BCUT2D eigenvalue weighted by molar-refractivity contribution is 6.42. The van der Waals surface area contributed by atoms with Crippen LogP contribution in [0.4, 0.5) is 0 Å². The second-order valence-corrected chi connectivity index (χ2v) is 7.48. The minimum Gasteiger partial charge on any atom is -0.490 e. The molecule has 6 heteroatoms. The van der Waals surface area contributed by atoms with Gasteiger partial charge in [-0.3, -0.25) is 0 Å². The van der Waals surface area contributed by atoms with Crippen LogP contribution in [0.2, 0.25) is 10.0 Å². The van der Waals surface area contributed by atoms with Crippen LogP contribution in [0.5, 0.6) is 5.75 Å². The summed E-state index contributed by atoms with van der Waals surface area (Å²) in [6.45, 7) is 2.91. The first kappa shape index (κ1) is 17.3. The van der Waals surface area contributed by atoms with Crippen LogP contribution in [-0.2, 0) is 0 Å². The van der Waals surface area contributed by atoms with Crippen molar-refractivity contribution in [2.45, 2.75) is 44.0 Å². The molecule has 0 amide bonds. The summed E-state index contributed by atoms with van der Waals surface area (Å²) in [4.78, 5) is 2.41. The summed E-state index contributed by atoms with van der Waals surface area (Å²) in [5, 5.41) is 20.3. The van der Waals surface area contributed by atoms with Gasteiger partial charge in [-0.1, -0.05) is 23.2 Å². The van der Waals surface area contributed by atoms with Crippen LogP contribution in [0, 0.1) is 5.92 Å². The van der Waals surface area contributed by atoms with Gasteiger partial charge in [0.2, 0.25) is 0 Å². The van der Waals surface area contributed by atoms with Crippen LogP contribution in [0.25, 0.3) is 0 Å². The summed E-state index contributed by atoms with van der Waals surface area (Å²) >= 11 is 11.9. The Morgan fingerprint density at radius 3 is 2.30 bits per heavy atom. The molecular formula is C17H23Cl2NO3. The Morgan fingerprint density at radius 1 is 1.04 bits per heavy atom. The third-order valence-corrected chi connectivity index (χ3v) is 5.58. The van der Waals surface area contributed by atoms with E-state index in [2.05, 4.69) is 4.90 Å². The van der Waals surface area contributed by atoms with E-state index in [1.54, 1.807) is 12.1 Å². The van der Waals surface area contributed by atoms with E-state index in [1.807, 2.05) is 6.07 Å². The predicted molar refractivity (Wildman–Crippen MR) is 91.3 cm³/mol. The van der Waals surface area contributed by atoms with E-state index in [0.29, 0.717) is 28.8 Å². The molecular weight excluding hydrogens is 337 g/mol. The van der Waals surface area contributed by atoms with Gasteiger partial charge in [0.15, 0.2) is 0 Å². The number of aliphatic hydroxyl groups excluding tert-OH is 2. The summed E-state index contributed by atoms with van der Waals surface area (Å²) in [5.41, 5.74) is 0. The van der Waals surface area contributed by atoms with E-state index >= 15 is 0 Å². The standard InChI is InChI=1S/C17H23Cl2NO3/c18-14-2-1-13(9-15(14)19)23-12-3-5-20(6-4-12)10-11-7-16(21)17(22)8-11/h1-2,9,11-12,16-17,21-22H,3-8,10H2. The van der Waals surface area contributed by atoms with Crippen molar-refractivity contribution in [1.82, 2.24) is 4.90 Å². The van der Waals surface area contributed by atoms with Crippen LogP contribution >= 0.6 is 23.2 Å². The van der Waals surface area contributed by atoms with Crippen molar-refractivity contribution in [3.05, 3.63) is 28.2 Å². The van der Waals surface area contributed by atoms with Gasteiger partial charge < -0.3 is 19.8 Å². The lowest BCUT2D eigenvalue weighted by atomic mass is 10.0. The molecule has 0 spiro atoms. The van der Waals surface area contributed by atoms with Crippen LogP contribution in [-0.4, -0.2) is 53.1 Å². The largest absolute Gasteiger partial charge is 0.490 e. The van der Waals surface area contributed by atoms with Gasteiger partial charge in [-0.15, -0.1) is 0 Å². The fraction of sp³-hybridized carbons (Fsp3) is 0.647. The number of aliphatic hydroxyl groups is 2. The Hall–Kier alpha value is -0.520. The number of hydrogen-bond donors (Lipinski definition) is 2. The smallest absolute Gasteiger partial charge is 0.121 e. The molecule has 2 N–H and O–H groups in total. The Morgan fingerprint density at radius 2 is 1.70 bits per heavy atom. The molecule has 2 atom stereocenters. The van der Waals surface area contributed by atoms with Crippen LogP contribution in [0.3, 0.4) is 0 Å². The van der Waals surface area contributed by atoms with E-state index in [-0.39, 0.29) is 6.10 Å². The zero-order chi connectivity index (χ0) is 16.4. The predicted octanol–water partition coefficient (Wildman–Crippen LogP) is 2.97. The van der Waals surface area contributed by atoms with Gasteiger partial charge in [-0.2, -0.15) is 0 Å². The maximum absolute atomic E-state index is 9.64. The summed E-state index contributed by atoms with van der Waals surface area (Å²) in [6.07, 6.45) is 2.46. The summed E-state index contributed by atoms with van der Waals surface area (Å²) in [7, 11) is 0. The van der Waals surface area contributed by atoms with Crippen molar-refractivity contribution >= 4 is 23.2 Å². The normalized spacial score (nSPS) is 29.8. The van der Waals surface area contributed by atoms with Gasteiger partial charge >= 0.3 is 0 Å². The highest BCUT2D eigenvalue weighted by Gasteiger charge is 2.33. The number of likely N-dealkylation sites (tertiary alicyclic amines) is 1.